The van der Waals surface area contributed by atoms with Crippen LogP contribution in [0.15, 0.2) is 142 Å². The monoisotopic (exact) mass is 878 g/mol. The molecule has 2 heterocycles. The van der Waals surface area contributed by atoms with Gasteiger partial charge in [0.2, 0.25) is 5.52 Å². The summed E-state index contributed by atoms with van der Waals surface area (Å²) >= 11 is 5.35. The van der Waals surface area contributed by atoms with E-state index in [1.807, 2.05) is 30.3 Å². The van der Waals surface area contributed by atoms with Gasteiger partial charge in [0.25, 0.3) is 5.01 Å². The van der Waals surface area contributed by atoms with E-state index in [1.165, 1.54) is 27.3 Å². The molecule has 1 aliphatic carbocycles. The third-order valence-electron chi connectivity index (χ3n) is 9.68. The Morgan fingerprint density at radius 3 is 2.32 bits per heavy atom. The molecule has 15 heteroatoms. The van der Waals surface area contributed by atoms with Crippen molar-refractivity contribution in [2.24, 2.45) is 0 Å². The van der Waals surface area contributed by atoms with Gasteiger partial charge in [0.15, 0.2) is 6.54 Å². The Hall–Kier alpha value is -4.83. The second-order valence-corrected chi connectivity index (χ2v) is 17.3. The zero-order valence-electron chi connectivity index (χ0n) is 32.5. The van der Waals surface area contributed by atoms with E-state index in [1.54, 1.807) is 23.1 Å². The molecule has 4 aromatic carbocycles. The van der Waals surface area contributed by atoms with Crippen molar-refractivity contribution in [2.45, 2.75) is 44.0 Å². The average molecular weight is 879 g/mol. The Balaban J connectivity index is 1.31. The number of aryl methyl sites for hydroxylation is 2. The summed E-state index contributed by atoms with van der Waals surface area (Å²) in [5, 5.41) is 39.1. The number of hydrogen-bond donors (Lipinski definition) is 1. The maximum atomic E-state index is 11.2. The summed E-state index contributed by atoms with van der Waals surface area (Å²) in [6.07, 6.45) is 12.0. The maximum Gasteiger partial charge on any atom is 0.382 e. The number of fused-ring (bicyclic) bond motifs is 2. The Labute approximate surface area is 365 Å². The molecule has 0 unspecified atom stereocenters. The van der Waals surface area contributed by atoms with Gasteiger partial charge < -0.3 is 25.4 Å². The average Bonchev–Trinajstić information content (AvgIpc) is 3.94. The second kappa shape index (κ2) is 21.6. The highest BCUT2D eigenvalue weighted by Crippen LogP contribution is 2.47. The molecule has 7 rings (SSSR count). The minimum Gasteiger partial charge on any atom is -0.691 e. The molecule has 0 spiro atoms. The molecule has 0 bridgehead atoms. The van der Waals surface area contributed by atoms with Crippen molar-refractivity contribution in [3.63, 3.8) is 0 Å². The maximum absolute atomic E-state index is 11.2. The fraction of sp³-hybridized carbons (Fsp3) is 0.200. The summed E-state index contributed by atoms with van der Waals surface area (Å²) in [4.78, 5) is 17.1. The van der Waals surface area contributed by atoms with Gasteiger partial charge in [0.1, 0.15) is 4.70 Å². The van der Waals surface area contributed by atoms with Crippen molar-refractivity contribution >= 4 is 86.5 Å². The van der Waals surface area contributed by atoms with E-state index in [0.717, 1.165) is 87.2 Å². The molecule has 60 heavy (non-hydrogen) atoms. The van der Waals surface area contributed by atoms with Crippen LogP contribution in [0.5, 0.6) is 0 Å². The van der Waals surface area contributed by atoms with Crippen LogP contribution in [0.3, 0.4) is 0 Å². The smallest absolute Gasteiger partial charge is 0.382 e. The Morgan fingerprint density at radius 2 is 1.62 bits per heavy atom. The number of rotatable bonds is 18. The molecule has 1 N–H and O–H groups in total. The van der Waals surface area contributed by atoms with Crippen LogP contribution in [-0.4, -0.2) is 29.1 Å². The molecule has 0 atom stereocenters. The first-order valence-corrected chi connectivity index (χ1v) is 22.5. The minimum absolute atomic E-state index is 0.528. The molecule has 0 saturated carbocycles. The van der Waals surface area contributed by atoms with Crippen molar-refractivity contribution in [1.82, 2.24) is 0 Å². The Morgan fingerprint density at radius 1 is 0.900 bits per heavy atom. The lowest BCUT2D eigenvalue weighted by Crippen LogP contribution is -2.35. The summed E-state index contributed by atoms with van der Waals surface area (Å²) in [6.45, 7) is 3.46. The van der Waals surface area contributed by atoms with Crippen molar-refractivity contribution in [3.8, 4) is 11.8 Å². The number of carboxylic acids is 1. The summed E-state index contributed by atoms with van der Waals surface area (Å²) in [5.74, 6) is 4.91. The zero-order chi connectivity index (χ0) is 41.7. The van der Waals surface area contributed by atoms with Gasteiger partial charge in [-0.2, -0.15) is 13.2 Å². The normalized spacial score (nSPS) is 15.1. The van der Waals surface area contributed by atoms with E-state index in [-0.39, 0.29) is 0 Å². The number of para-hydroxylation sites is 2. The van der Waals surface area contributed by atoms with E-state index in [4.69, 9.17) is 5.11 Å². The minimum atomic E-state index is -1.19. The Kier molecular flexibility index (Phi) is 15.6. The third-order valence-corrected chi connectivity index (χ3v) is 13.2. The van der Waals surface area contributed by atoms with E-state index < -0.39 is 5.97 Å². The molecular formula is C45H40N3O8S4-. The SMILES string of the molecule is Cc1ccc2c(c1)N(CCCSOO[O-])/C(=C/C=C1\CCC(/C=C/c3sc4ccc(C#CC(=O)O)cc4[n+]3CCCSOO[O-])=C1N(c1ccccc1)c1ccccc1)S2. The van der Waals surface area contributed by atoms with Crippen LogP contribution >= 0.6 is 47.2 Å². The molecule has 2 aliphatic rings. The number of anilines is 3. The fourth-order valence-electron chi connectivity index (χ4n) is 7.12. The number of aliphatic carboxylic acids is 1. The summed E-state index contributed by atoms with van der Waals surface area (Å²) in [6, 6.07) is 33.1. The molecule has 0 amide bonds. The zero-order valence-corrected chi connectivity index (χ0v) is 35.7. The van der Waals surface area contributed by atoms with Crippen LogP contribution in [0, 0.1) is 18.8 Å². The number of hydrogen-bond acceptors (Lipinski definition) is 13. The van der Waals surface area contributed by atoms with Gasteiger partial charge in [-0.15, -0.1) is 0 Å². The van der Waals surface area contributed by atoms with Gasteiger partial charge in [-0.1, -0.05) is 77.6 Å². The topological polar surface area (TPSA) is 131 Å². The molecule has 11 nitrogen and oxygen atoms in total. The largest absolute Gasteiger partial charge is 0.691 e. The number of carboxylic acid groups (broad SMARTS) is 1. The first-order chi connectivity index (χ1) is 29.4. The van der Waals surface area contributed by atoms with Gasteiger partial charge in [0.05, 0.1) is 16.4 Å². The predicted molar refractivity (Wildman–Crippen MR) is 236 cm³/mol. The standard InChI is InChI=1S/C45H41N3O8S4/c1-32-14-21-40-38(30-32)46(26-8-28-57-55-53-51)42(59-40)23-19-34-17-18-35(45(34)48(36-10-4-2-5-11-36)37-12-6-3-7-13-37)20-24-43-47(27-9-29-58-56-54-52)39-31-33(16-25-44(49)50)15-22-41(39)60-43/h2-7,10-15,19-24,30-31H,8-9,17-18,26-29H2,1H3,(H2-,49,50,51,52)/p-1. The van der Waals surface area contributed by atoms with E-state index >= 15 is 0 Å². The van der Waals surface area contributed by atoms with Crippen molar-refractivity contribution < 1.29 is 43.7 Å². The van der Waals surface area contributed by atoms with Crippen LogP contribution in [0.2, 0.25) is 0 Å². The van der Waals surface area contributed by atoms with Gasteiger partial charge in [-0.25, -0.2) is 4.79 Å². The fourth-order valence-corrected chi connectivity index (χ4v) is 9.98. The summed E-state index contributed by atoms with van der Waals surface area (Å²) < 4.78 is 12.3. The number of carbonyl (C=O) groups is 1. The van der Waals surface area contributed by atoms with Crippen LogP contribution in [0.4, 0.5) is 17.1 Å². The first-order valence-electron chi connectivity index (χ1n) is 19.1. The second-order valence-electron chi connectivity index (χ2n) is 13.6. The molecule has 0 radical (unpaired) electrons. The highest BCUT2D eigenvalue weighted by atomic mass is 32.2. The van der Waals surface area contributed by atoms with Crippen LogP contribution in [0.25, 0.3) is 16.3 Å². The van der Waals surface area contributed by atoms with Crippen molar-refractivity contribution in [3.05, 3.63) is 153 Å². The highest BCUT2D eigenvalue weighted by molar-refractivity contribution is 8.03. The summed E-state index contributed by atoms with van der Waals surface area (Å²) in [7, 11) is 0. The molecule has 1 aliphatic heterocycles. The molecular weight excluding hydrogens is 839 g/mol. The molecule has 0 fully saturated rings. The number of allylic oxidation sites excluding steroid dienone is 5. The quantitative estimate of drug-likeness (QED) is 0.0225. The summed E-state index contributed by atoms with van der Waals surface area (Å²) in [5.41, 5.74) is 9.46. The first kappa shape index (κ1) is 43.3. The van der Waals surface area contributed by atoms with Gasteiger partial charge in [-0.05, 0) is 104 Å². The van der Waals surface area contributed by atoms with Gasteiger partial charge >= 0.3 is 5.97 Å². The number of benzene rings is 4. The van der Waals surface area contributed by atoms with Crippen molar-refractivity contribution in [1.29, 1.82) is 0 Å². The molecule has 5 aromatic rings. The third kappa shape index (κ3) is 10.9. The van der Waals surface area contributed by atoms with Gasteiger partial charge in [-0.3, -0.25) is 10.1 Å². The van der Waals surface area contributed by atoms with Crippen LogP contribution in [-0.2, 0) is 30.1 Å². The molecule has 308 valence electrons. The lowest BCUT2D eigenvalue weighted by atomic mass is 10.1. The number of thiazole rings is 1. The van der Waals surface area contributed by atoms with E-state index in [0.29, 0.717) is 30.0 Å². The number of thioether (sulfide) groups is 1. The van der Waals surface area contributed by atoms with Crippen LogP contribution in [0.1, 0.15) is 41.8 Å². The van der Waals surface area contributed by atoms with Crippen LogP contribution < -0.4 is 24.9 Å². The number of nitrogens with zero attached hydrogens (tertiary/aromatic N) is 3. The van der Waals surface area contributed by atoms with E-state index in [9.17, 15) is 15.3 Å². The van der Waals surface area contributed by atoms with Crippen molar-refractivity contribution in [2.75, 3.05) is 27.9 Å². The lowest BCUT2D eigenvalue weighted by Gasteiger charge is -2.28. The lowest BCUT2D eigenvalue weighted by molar-refractivity contribution is -0.777. The Bertz CT molecular complexity index is 2440. The highest BCUT2D eigenvalue weighted by Gasteiger charge is 2.28. The van der Waals surface area contributed by atoms with Gasteiger partial charge in [0, 0.05) is 88.5 Å². The molecule has 0 saturated heterocycles. The predicted octanol–water partition coefficient (Wildman–Crippen LogP) is 8.74. The number of aromatic nitrogens is 1. The van der Waals surface area contributed by atoms with E-state index in [2.05, 4.69) is 143 Å². The molecule has 1 aromatic heterocycles.